The third-order valence-electron chi connectivity index (χ3n) is 3.68. The molecule has 1 fully saturated rings. The van der Waals surface area contributed by atoms with Crippen LogP contribution in [0.15, 0.2) is 28.7 Å². The van der Waals surface area contributed by atoms with Crippen molar-refractivity contribution < 1.29 is 9.90 Å². The molecule has 0 bridgehead atoms. The van der Waals surface area contributed by atoms with E-state index in [-0.39, 0.29) is 18.6 Å². The second-order valence-corrected chi connectivity index (χ2v) is 6.08. The topological polar surface area (TPSA) is 40.5 Å². The first-order valence-corrected chi connectivity index (χ1v) is 7.77. The largest absolute Gasteiger partial charge is 0.394 e. The second kappa shape index (κ2) is 7.04. The number of likely N-dealkylation sites (tertiary alicyclic amines) is 1. The Morgan fingerprint density at radius 2 is 2.30 bits per heavy atom. The minimum absolute atomic E-state index is 0.0174. The molecule has 0 spiro atoms. The quantitative estimate of drug-likeness (QED) is 0.860. The molecule has 1 aromatic rings. The standard InChI is InChI=1S/C16H20BrNO2/c1-12-5-6-13(15(17)10-12)7-8-16(20)18-9-3-2-4-14(18)11-19/h5-8,10,14,19H,2-4,9,11H2,1H3/b8-7+. The number of aryl methyl sites for hydroxylation is 1. The van der Waals surface area contributed by atoms with Crippen LogP contribution in [-0.4, -0.2) is 35.1 Å². The molecular weight excluding hydrogens is 318 g/mol. The van der Waals surface area contributed by atoms with Gasteiger partial charge in [0.05, 0.1) is 12.6 Å². The van der Waals surface area contributed by atoms with Crippen molar-refractivity contribution >= 4 is 27.9 Å². The number of aliphatic hydroxyl groups is 1. The van der Waals surface area contributed by atoms with Crippen LogP contribution in [0.25, 0.3) is 6.08 Å². The van der Waals surface area contributed by atoms with E-state index < -0.39 is 0 Å². The van der Waals surface area contributed by atoms with Crippen molar-refractivity contribution in [3.8, 4) is 0 Å². The Kier molecular flexibility index (Phi) is 5.38. The lowest BCUT2D eigenvalue weighted by atomic mass is 10.0. The zero-order valence-electron chi connectivity index (χ0n) is 11.7. The Balaban J connectivity index is 2.08. The van der Waals surface area contributed by atoms with E-state index in [1.807, 2.05) is 31.2 Å². The highest BCUT2D eigenvalue weighted by atomic mass is 79.9. The van der Waals surface area contributed by atoms with Crippen molar-refractivity contribution in [3.05, 3.63) is 39.9 Å². The van der Waals surface area contributed by atoms with Crippen molar-refractivity contribution in [2.24, 2.45) is 0 Å². The molecule has 3 nitrogen and oxygen atoms in total. The summed E-state index contributed by atoms with van der Waals surface area (Å²) >= 11 is 3.50. The lowest BCUT2D eigenvalue weighted by molar-refractivity contribution is -0.130. The summed E-state index contributed by atoms with van der Waals surface area (Å²) in [4.78, 5) is 14.0. The molecule has 0 aliphatic carbocycles. The number of amides is 1. The number of aliphatic hydroxyl groups excluding tert-OH is 1. The van der Waals surface area contributed by atoms with Crippen molar-refractivity contribution in [3.63, 3.8) is 0 Å². The predicted octanol–water partition coefficient (Wildman–Crippen LogP) is 3.14. The normalized spacial score (nSPS) is 19.6. The van der Waals surface area contributed by atoms with Crippen LogP contribution in [0.5, 0.6) is 0 Å². The molecule has 0 aromatic heterocycles. The van der Waals surface area contributed by atoms with Gasteiger partial charge < -0.3 is 10.0 Å². The van der Waals surface area contributed by atoms with Crippen LogP contribution in [0.3, 0.4) is 0 Å². The molecule has 108 valence electrons. The van der Waals surface area contributed by atoms with Gasteiger partial charge >= 0.3 is 0 Å². The minimum Gasteiger partial charge on any atom is -0.394 e. The van der Waals surface area contributed by atoms with Crippen molar-refractivity contribution in [1.29, 1.82) is 0 Å². The van der Waals surface area contributed by atoms with Crippen LogP contribution >= 0.6 is 15.9 Å². The molecule has 1 aliphatic heterocycles. The first-order chi connectivity index (χ1) is 9.61. The van der Waals surface area contributed by atoms with Gasteiger partial charge in [-0.05, 0) is 49.5 Å². The highest BCUT2D eigenvalue weighted by Gasteiger charge is 2.24. The summed E-state index contributed by atoms with van der Waals surface area (Å²) in [7, 11) is 0. The number of piperidine rings is 1. The molecule has 1 N–H and O–H groups in total. The van der Waals surface area contributed by atoms with Gasteiger partial charge in [-0.25, -0.2) is 0 Å². The van der Waals surface area contributed by atoms with Gasteiger partial charge in [0.2, 0.25) is 5.91 Å². The molecule has 1 saturated heterocycles. The number of halogens is 1. The molecule has 20 heavy (non-hydrogen) atoms. The average molecular weight is 338 g/mol. The molecule has 0 saturated carbocycles. The van der Waals surface area contributed by atoms with Gasteiger partial charge in [0.1, 0.15) is 0 Å². The lowest BCUT2D eigenvalue weighted by Gasteiger charge is -2.33. The fourth-order valence-electron chi connectivity index (χ4n) is 2.50. The molecule has 0 radical (unpaired) electrons. The Morgan fingerprint density at radius 1 is 1.50 bits per heavy atom. The molecule has 1 heterocycles. The summed E-state index contributed by atoms with van der Waals surface area (Å²) in [6, 6.07) is 6.01. The fraction of sp³-hybridized carbons (Fsp3) is 0.438. The molecule has 4 heteroatoms. The Morgan fingerprint density at radius 3 is 3.00 bits per heavy atom. The van der Waals surface area contributed by atoms with Gasteiger partial charge in [-0.2, -0.15) is 0 Å². The van der Waals surface area contributed by atoms with Crippen LogP contribution in [0, 0.1) is 6.92 Å². The van der Waals surface area contributed by atoms with Crippen LogP contribution in [0.2, 0.25) is 0 Å². The maximum Gasteiger partial charge on any atom is 0.246 e. The molecular formula is C16H20BrNO2. The molecule has 2 rings (SSSR count). The van der Waals surface area contributed by atoms with Crippen LogP contribution in [0.4, 0.5) is 0 Å². The van der Waals surface area contributed by atoms with Crippen LogP contribution < -0.4 is 0 Å². The number of nitrogens with zero attached hydrogens (tertiary/aromatic N) is 1. The summed E-state index contributed by atoms with van der Waals surface area (Å²) in [5.74, 6) is -0.0174. The van der Waals surface area contributed by atoms with Gasteiger partial charge in [0.25, 0.3) is 0 Å². The minimum atomic E-state index is -0.0256. The maximum absolute atomic E-state index is 12.2. The van der Waals surface area contributed by atoms with E-state index >= 15 is 0 Å². The van der Waals surface area contributed by atoms with Gasteiger partial charge in [-0.3, -0.25) is 4.79 Å². The summed E-state index contributed by atoms with van der Waals surface area (Å²) in [6.45, 7) is 2.82. The number of rotatable bonds is 3. The SMILES string of the molecule is Cc1ccc(/C=C/C(=O)N2CCCCC2CO)c(Br)c1. The third kappa shape index (κ3) is 3.70. The van der Waals surface area contributed by atoms with Gasteiger partial charge in [0.15, 0.2) is 0 Å². The smallest absolute Gasteiger partial charge is 0.246 e. The average Bonchev–Trinajstić information content (AvgIpc) is 2.46. The Labute approximate surface area is 128 Å². The van der Waals surface area contributed by atoms with E-state index in [0.717, 1.165) is 35.8 Å². The molecule has 1 unspecified atom stereocenters. The summed E-state index contributed by atoms with van der Waals surface area (Å²) in [6.07, 6.45) is 6.43. The number of carbonyl (C=O) groups excluding carboxylic acids is 1. The number of carbonyl (C=O) groups is 1. The second-order valence-electron chi connectivity index (χ2n) is 5.22. The number of benzene rings is 1. The molecule has 1 atom stereocenters. The molecule has 1 aromatic carbocycles. The monoisotopic (exact) mass is 337 g/mol. The van der Waals surface area contributed by atoms with Gasteiger partial charge in [0, 0.05) is 17.1 Å². The summed E-state index contributed by atoms with van der Waals surface area (Å²) in [5.41, 5.74) is 2.17. The highest BCUT2D eigenvalue weighted by Crippen LogP contribution is 2.21. The van der Waals surface area contributed by atoms with Crippen molar-refractivity contribution in [1.82, 2.24) is 4.90 Å². The first-order valence-electron chi connectivity index (χ1n) is 6.97. The molecule has 1 aliphatic rings. The fourth-order valence-corrected chi connectivity index (χ4v) is 3.13. The van der Waals surface area contributed by atoms with Gasteiger partial charge in [-0.1, -0.05) is 28.1 Å². The van der Waals surface area contributed by atoms with Crippen LogP contribution in [0.1, 0.15) is 30.4 Å². The van der Waals surface area contributed by atoms with E-state index in [4.69, 9.17) is 0 Å². The lowest BCUT2D eigenvalue weighted by Crippen LogP contribution is -2.44. The predicted molar refractivity (Wildman–Crippen MR) is 84.4 cm³/mol. The van der Waals surface area contributed by atoms with E-state index in [9.17, 15) is 9.90 Å². The maximum atomic E-state index is 12.2. The third-order valence-corrected chi connectivity index (χ3v) is 4.37. The van der Waals surface area contributed by atoms with E-state index in [1.54, 1.807) is 11.0 Å². The zero-order chi connectivity index (χ0) is 14.5. The number of hydrogen-bond donors (Lipinski definition) is 1. The van der Waals surface area contributed by atoms with Crippen molar-refractivity contribution in [2.45, 2.75) is 32.2 Å². The first kappa shape index (κ1) is 15.3. The van der Waals surface area contributed by atoms with E-state index in [0.29, 0.717) is 0 Å². The van der Waals surface area contributed by atoms with Crippen molar-refractivity contribution in [2.75, 3.05) is 13.2 Å². The molecule has 1 amide bonds. The van der Waals surface area contributed by atoms with Crippen LogP contribution in [-0.2, 0) is 4.79 Å². The summed E-state index contributed by atoms with van der Waals surface area (Å²) in [5, 5.41) is 9.34. The van der Waals surface area contributed by atoms with Gasteiger partial charge in [-0.15, -0.1) is 0 Å². The van der Waals surface area contributed by atoms with E-state index in [2.05, 4.69) is 15.9 Å². The summed E-state index contributed by atoms with van der Waals surface area (Å²) < 4.78 is 0.985. The van der Waals surface area contributed by atoms with E-state index in [1.165, 1.54) is 5.56 Å². The Bertz CT molecular complexity index is 513. The number of hydrogen-bond acceptors (Lipinski definition) is 2. The Hall–Kier alpha value is -1.13. The highest BCUT2D eigenvalue weighted by molar-refractivity contribution is 9.10. The zero-order valence-corrected chi connectivity index (χ0v) is 13.3.